The second kappa shape index (κ2) is 2.88. The predicted molar refractivity (Wildman–Crippen MR) is 38.0 cm³/mol. The Morgan fingerprint density at radius 3 is 2.70 bits per heavy atom. The lowest BCUT2D eigenvalue weighted by atomic mass is 10.3. The molecule has 0 spiro atoms. The maximum atomic E-state index is 12.4. The van der Waals surface area contributed by atoms with Crippen molar-refractivity contribution >= 4 is 11.6 Å². The highest BCUT2D eigenvalue weighted by molar-refractivity contribution is 6.30. The zero-order valence-electron chi connectivity index (χ0n) is 5.40. The van der Waals surface area contributed by atoms with Gasteiger partial charge in [0, 0.05) is 6.07 Å². The van der Waals surface area contributed by atoms with Crippen molar-refractivity contribution in [3.63, 3.8) is 0 Å². The Morgan fingerprint density at radius 1 is 1.50 bits per heavy atom. The summed E-state index contributed by atoms with van der Waals surface area (Å²) in [6, 6.07) is 4.21. The molecule has 0 N–H and O–H groups in total. The molecule has 1 nitrogen and oxygen atoms in total. The lowest BCUT2D eigenvalue weighted by Gasteiger charge is -1.98. The summed E-state index contributed by atoms with van der Waals surface area (Å²) in [5.41, 5.74) is 0. The van der Waals surface area contributed by atoms with Crippen molar-refractivity contribution in [1.29, 1.82) is 0 Å². The van der Waals surface area contributed by atoms with Crippen LogP contribution in [0.5, 0.6) is 5.75 Å². The number of halogens is 2. The van der Waals surface area contributed by atoms with Crippen LogP contribution in [0.1, 0.15) is 0 Å². The topological polar surface area (TPSA) is 9.23 Å². The fourth-order valence-electron chi connectivity index (χ4n) is 0.604. The lowest BCUT2D eigenvalue weighted by Crippen LogP contribution is -1.83. The molecule has 0 bridgehead atoms. The standard InChI is InChI=1S/C7H6ClFO/c1-10-5-2-3-7(9)6(8)4-5/h2-4H,1H3. The van der Waals surface area contributed by atoms with Gasteiger partial charge in [-0.2, -0.15) is 0 Å². The molecule has 3 heteroatoms. The van der Waals surface area contributed by atoms with Gasteiger partial charge in [0.2, 0.25) is 0 Å². The van der Waals surface area contributed by atoms with Gasteiger partial charge in [-0.05, 0) is 12.1 Å². The van der Waals surface area contributed by atoms with Crippen molar-refractivity contribution < 1.29 is 9.13 Å². The SMILES string of the molecule is COc1ccc(F)c(Cl)c1. The number of methoxy groups -OCH3 is 1. The van der Waals surface area contributed by atoms with Crippen molar-refractivity contribution in [3.8, 4) is 5.75 Å². The van der Waals surface area contributed by atoms with E-state index < -0.39 is 5.82 Å². The molecule has 0 radical (unpaired) electrons. The Kier molecular flexibility index (Phi) is 2.12. The van der Waals surface area contributed by atoms with E-state index in [4.69, 9.17) is 16.3 Å². The summed E-state index contributed by atoms with van der Waals surface area (Å²) in [6.07, 6.45) is 0. The van der Waals surface area contributed by atoms with Gasteiger partial charge in [-0.15, -0.1) is 0 Å². The van der Waals surface area contributed by atoms with Crippen molar-refractivity contribution in [2.75, 3.05) is 7.11 Å². The van der Waals surface area contributed by atoms with E-state index in [0.29, 0.717) is 5.75 Å². The van der Waals surface area contributed by atoms with Gasteiger partial charge in [-0.1, -0.05) is 11.6 Å². The van der Waals surface area contributed by atoms with Crippen LogP contribution in [0.25, 0.3) is 0 Å². The number of rotatable bonds is 1. The first-order valence-electron chi connectivity index (χ1n) is 2.73. The molecule has 0 aromatic heterocycles. The molecule has 0 aliphatic heterocycles. The van der Waals surface area contributed by atoms with Gasteiger partial charge in [0.05, 0.1) is 12.1 Å². The van der Waals surface area contributed by atoms with Crippen LogP contribution in [0.4, 0.5) is 4.39 Å². The Morgan fingerprint density at radius 2 is 2.20 bits per heavy atom. The van der Waals surface area contributed by atoms with Gasteiger partial charge in [-0.25, -0.2) is 4.39 Å². The molecule has 0 fully saturated rings. The van der Waals surface area contributed by atoms with E-state index in [-0.39, 0.29) is 5.02 Å². The Balaban J connectivity index is 3.04. The minimum absolute atomic E-state index is 0.0827. The molecule has 0 amide bonds. The third kappa shape index (κ3) is 1.39. The van der Waals surface area contributed by atoms with E-state index in [1.807, 2.05) is 0 Å². The minimum atomic E-state index is -0.428. The number of hydrogen-bond acceptors (Lipinski definition) is 1. The van der Waals surface area contributed by atoms with Crippen LogP contribution in [0, 0.1) is 5.82 Å². The van der Waals surface area contributed by atoms with E-state index >= 15 is 0 Å². The molecular weight excluding hydrogens is 155 g/mol. The second-order valence-electron chi connectivity index (χ2n) is 1.78. The lowest BCUT2D eigenvalue weighted by molar-refractivity contribution is 0.413. The molecule has 0 atom stereocenters. The van der Waals surface area contributed by atoms with Gasteiger partial charge >= 0.3 is 0 Å². The largest absolute Gasteiger partial charge is 0.497 e. The third-order valence-corrected chi connectivity index (χ3v) is 1.42. The molecule has 1 aromatic carbocycles. The zero-order chi connectivity index (χ0) is 7.56. The summed E-state index contributed by atoms with van der Waals surface area (Å²) in [6.45, 7) is 0. The Labute approximate surface area is 63.4 Å². The fourth-order valence-corrected chi connectivity index (χ4v) is 0.774. The first kappa shape index (κ1) is 7.35. The van der Waals surface area contributed by atoms with Crippen LogP contribution in [-0.2, 0) is 0 Å². The quantitative estimate of drug-likeness (QED) is 0.613. The molecule has 0 aliphatic carbocycles. The number of benzene rings is 1. The van der Waals surface area contributed by atoms with Gasteiger partial charge in [0.25, 0.3) is 0 Å². The maximum Gasteiger partial charge on any atom is 0.142 e. The number of hydrogen-bond donors (Lipinski definition) is 0. The summed E-state index contributed by atoms with van der Waals surface area (Å²) in [5, 5.41) is 0.0827. The van der Waals surface area contributed by atoms with Crippen LogP contribution >= 0.6 is 11.6 Å². The summed E-state index contributed by atoms with van der Waals surface area (Å²) < 4.78 is 17.2. The second-order valence-corrected chi connectivity index (χ2v) is 2.19. The van der Waals surface area contributed by atoms with E-state index in [2.05, 4.69) is 0 Å². The van der Waals surface area contributed by atoms with Crippen molar-refractivity contribution in [2.24, 2.45) is 0 Å². The number of ether oxygens (including phenoxy) is 1. The molecule has 10 heavy (non-hydrogen) atoms. The minimum Gasteiger partial charge on any atom is -0.497 e. The van der Waals surface area contributed by atoms with Crippen LogP contribution in [0.15, 0.2) is 18.2 Å². The summed E-state index contributed by atoms with van der Waals surface area (Å²) in [5.74, 6) is 0.133. The highest BCUT2D eigenvalue weighted by Crippen LogP contribution is 2.20. The molecule has 0 saturated carbocycles. The third-order valence-electron chi connectivity index (χ3n) is 1.13. The first-order valence-corrected chi connectivity index (χ1v) is 3.11. The predicted octanol–water partition coefficient (Wildman–Crippen LogP) is 2.49. The highest BCUT2D eigenvalue weighted by atomic mass is 35.5. The molecule has 0 aliphatic rings. The van der Waals surface area contributed by atoms with Crippen molar-refractivity contribution in [3.05, 3.63) is 29.0 Å². The maximum absolute atomic E-state index is 12.4. The molecule has 1 aromatic rings. The Bertz CT molecular complexity index is 237. The summed E-state index contributed by atoms with van der Waals surface area (Å²) >= 11 is 5.44. The molecule has 0 heterocycles. The van der Waals surface area contributed by atoms with E-state index in [1.165, 1.54) is 25.3 Å². The smallest absolute Gasteiger partial charge is 0.142 e. The van der Waals surface area contributed by atoms with Crippen molar-refractivity contribution in [1.82, 2.24) is 0 Å². The zero-order valence-corrected chi connectivity index (χ0v) is 6.15. The van der Waals surface area contributed by atoms with E-state index in [9.17, 15) is 4.39 Å². The van der Waals surface area contributed by atoms with Gasteiger partial charge in [-0.3, -0.25) is 0 Å². The first-order chi connectivity index (χ1) is 4.74. The van der Waals surface area contributed by atoms with Gasteiger partial charge in [0.15, 0.2) is 0 Å². The summed E-state index contributed by atoms with van der Waals surface area (Å²) in [4.78, 5) is 0. The Hall–Kier alpha value is -0.760. The molecule has 54 valence electrons. The van der Waals surface area contributed by atoms with Crippen LogP contribution in [-0.4, -0.2) is 7.11 Å². The van der Waals surface area contributed by atoms with Crippen LogP contribution < -0.4 is 4.74 Å². The fraction of sp³-hybridized carbons (Fsp3) is 0.143. The highest BCUT2D eigenvalue weighted by Gasteiger charge is 1.98. The van der Waals surface area contributed by atoms with Gasteiger partial charge < -0.3 is 4.74 Å². The average molecular weight is 161 g/mol. The van der Waals surface area contributed by atoms with Gasteiger partial charge in [0.1, 0.15) is 11.6 Å². The average Bonchev–Trinajstić information content (AvgIpc) is 1.95. The van der Waals surface area contributed by atoms with Crippen LogP contribution in [0.2, 0.25) is 5.02 Å². The molecular formula is C7H6ClFO. The normalized spacial score (nSPS) is 9.50. The molecule has 1 rings (SSSR count). The van der Waals surface area contributed by atoms with Crippen LogP contribution in [0.3, 0.4) is 0 Å². The monoisotopic (exact) mass is 160 g/mol. The van der Waals surface area contributed by atoms with E-state index in [1.54, 1.807) is 0 Å². The molecule has 0 saturated heterocycles. The molecule has 0 unspecified atom stereocenters. The summed E-state index contributed by atoms with van der Waals surface area (Å²) in [7, 11) is 1.50. The van der Waals surface area contributed by atoms with Crippen molar-refractivity contribution in [2.45, 2.75) is 0 Å². The van der Waals surface area contributed by atoms with E-state index in [0.717, 1.165) is 0 Å².